The minimum atomic E-state index is -3.49. The zero-order chi connectivity index (χ0) is 15.8. The van der Waals surface area contributed by atoms with Gasteiger partial charge in [0.2, 0.25) is 10.0 Å². The predicted octanol–water partition coefficient (Wildman–Crippen LogP) is 0.534. The van der Waals surface area contributed by atoms with Gasteiger partial charge in [-0.3, -0.25) is 4.79 Å². The fourth-order valence-corrected chi connectivity index (χ4v) is 3.10. The lowest BCUT2D eigenvalue weighted by atomic mass is 9.91. The minimum absolute atomic E-state index is 0.151. The quantitative estimate of drug-likeness (QED) is 0.880. The lowest BCUT2D eigenvalue weighted by molar-refractivity contribution is -0.0826. The van der Waals surface area contributed by atoms with Crippen LogP contribution in [0.2, 0.25) is 0 Å². The van der Waals surface area contributed by atoms with E-state index in [2.05, 4.69) is 0 Å². The van der Waals surface area contributed by atoms with E-state index in [0.29, 0.717) is 25.1 Å². The molecule has 1 aromatic rings. The Morgan fingerprint density at radius 3 is 2.24 bits per heavy atom. The van der Waals surface area contributed by atoms with E-state index in [-0.39, 0.29) is 10.8 Å². The van der Waals surface area contributed by atoms with Gasteiger partial charge in [-0.1, -0.05) is 6.92 Å². The fraction of sp³-hybridized carbons (Fsp3) is 0.500. The van der Waals surface area contributed by atoms with Crippen molar-refractivity contribution >= 4 is 15.9 Å². The molecule has 1 aliphatic rings. The van der Waals surface area contributed by atoms with Crippen molar-refractivity contribution in [2.24, 2.45) is 0 Å². The number of amides is 1. The smallest absolute Gasteiger partial charge is 0.254 e. The molecule has 0 atom stereocenters. The second kappa shape index (κ2) is 5.40. The van der Waals surface area contributed by atoms with E-state index in [1.165, 1.54) is 38.4 Å². The lowest BCUT2D eigenvalue weighted by Gasteiger charge is -2.46. The monoisotopic (exact) mass is 312 g/mol. The second-order valence-corrected chi connectivity index (χ2v) is 7.70. The standard InChI is InChI=1S/C14H20N2O4S/c1-4-14(18)9-16(10-14)13(17)11-5-7-12(8-6-11)21(19,20)15(2)3/h5-8,18H,4,9-10H2,1-3H3. The number of sulfonamides is 1. The SMILES string of the molecule is CCC1(O)CN(C(=O)c2ccc(S(=O)(=O)N(C)C)cc2)C1. The Morgan fingerprint density at radius 2 is 1.81 bits per heavy atom. The molecule has 6 nitrogen and oxygen atoms in total. The minimum Gasteiger partial charge on any atom is -0.386 e. The van der Waals surface area contributed by atoms with Gasteiger partial charge >= 0.3 is 0 Å². The Labute approximate surface area is 125 Å². The highest BCUT2D eigenvalue weighted by Gasteiger charge is 2.42. The molecule has 1 aromatic carbocycles. The van der Waals surface area contributed by atoms with E-state index in [1.54, 1.807) is 4.90 Å². The number of hydrogen-bond donors (Lipinski definition) is 1. The van der Waals surface area contributed by atoms with Gasteiger partial charge in [0.15, 0.2) is 0 Å². The summed E-state index contributed by atoms with van der Waals surface area (Å²) in [5, 5.41) is 9.92. The Morgan fingerprint density at radius 1 is 1.29 bits per heavy atom. The van der Waals surface area contributed by atoms with Gasteiger partial charge in [-0.25, -0.2) is 12.7 Å². The van der Waals surface area contributed by atoms with Crippen LogP contribution >= 0.6 is 0 Å². The van der Waals surface area contributed by atoms with Crippen LogP contribution in [0, 0.1) is 0 Å². The van der Waals surface area contributed by atoms with Gasteiger partial charge in [0.05, 0.1) is 23.6 Å². The summed E-state index contributed by atoms with van der Waals surface area (Å²) in [6, 6.07) is 5.85. The maximum atomic E-state index is 12.2. The molecule has 2 rings (SSSR count). The van der Waals surface area contributed by atoms with Crippen molar-refractivity contribution in [3.8, 4) is 0 Å². The van der Waals surface area contributed by atoms with Crippen LogP contribution in [0.4, 0.5) is 0 Å². The van der Waals surface area contributed by atoms with Gasteiger partial charge in [0, 0.05) is 19.7 Å². The first-order valence-corrected chi connectivity index (χ1v) is 8.18. The fourth-order valence-electron chi connectivity index (χ4n) is 2.19. The molecule has 1 N–H and O–H groups in total. The third kappa shape index (κ3) is 2.95. The highest BCUT2D eigenvalue weighted by Crippen LogP contribution is 2.26. The molecular weight excluding hydrogens is 292 g/mol. The van der Waals surface area contributed by atoms with Crippen LogP contribution in [0.25, 0.3) is 0 Å². The summed E-state index contributed by atoms with van der Waals surface area (Å²) < 4.78 is 25.0. The zero-order valence-electron chi connectivity index (χ0n) is 12.4. The molecule has 1 heterocycles. The molecule has 1 fully saturated rings. The highest BCUT2D eigenvalue weighted by atomic mass is 32.2. The first kappa shape index (κ1) is 15.9. The first-order chi connectivity index (χ1) is 9.69. The van der Waals surface area contributed by atoms with Crippen LogP contribution < -0.4 is 0 Å². The van der Waals surface area contributed by atoms with Crippen LogP contribution in [0.3, 0.4) is 0 Å². The van der Waals surface area contributed by atoms with E-state index in [1.807, 2.05) is 6.92 Å². The van der Waals surface area contributed by atoms with Gasteiger partial charge < -0.3 is 10.0 Å². The molecule has 1 amide bonds. The Kier molecular flexibility index (Phi) is 4.10. The molecular formula is C14H20N2O4S. The summed E-state index contributed by atoms with van der Waals surface area (Å²) in [7, 11) is -0.569. The molecule has 0 radical (unpaired) electrons. The third-order valence-electron chi connectivity index (χ3n) is 3.80. The number of β-amino-alcohol motifs (C(OH)–C–C–N with tert-alkyl or cyclic N) is 1. The molecule has 1 aliphatic heterocycles. The number of benzene rings is 1. The van der Waals surface area contributed by atoms with Gasteiger partial charge in [-0.2, -0.15) is 0 Å². The number of aliphatic hydroxyl groups is 1. The molecule has 0 unspecified atom stereocenters. The molecule has 0 spiro atoms. The molecule has 1 saturated heterocycles. The number of carbonyl (C=O) groups excluding carboxylic acids is 1. The largest absolute Gasteiger partial charge is 0.386 e. The van der Waals surface area contributed by atoms with Crippen molar-refractivity contribution in [2.45, 2.75) is 23.8 Å². The summed E-state index contributed by atoms with van der Waals surface area (Å²) in [5.74, 6) is -0.193. The number of rotatable bonds is 4. The maximum Gasteiger partial charge on any atom is 0.254 e. The normalized spacial score (nSPS) is 17.7. The van der Waals surface area contributed by atoms with Gasteiger partial charge in [-0.05, 0) is 30.7 Å². The van der Waals surface area contributed by atoms with Crippen LogP contribution in [-0.4, -0.2) is 61.4 Å². The molecule has 0 bridgehead atoms. The van der Waals surface area contributed by atoms with Crippen molar-refractivity contribution in [2.75, 3.05) is 27.2 Å². The van der Waals surface area contributed by atoms with Gasteiger partial charge in [-0.15, -0.1) is 0 Å². The molecule has 0 aromatic heterocycles. The van der Waals surface area contributed by atoms with Crippen LogP contribution in [0.15, 0.2) is 29.2 Å². The average molecular weight is 312 g/mol. The van der Waals surface area contributed by atoms with Crippen molar-refractivity contribution in [3.63, 3.8) is 0 Å². The summed E-state index contributed by atoms with van der Waals surface area (Å²) in [5.41, 5.74) is -0.352. The van der Waals surface area contributed by atoms with E-state index in [9.17, 15) is 18.3 Å². The molecule has 21 heavy (non-hydrogen) atoms. The number of likely N-dealkylation sites (tertiary alicyclic amines) is 1. The lowest BCUT2D eigenvalue weighted by Crippen LogP contribution is -2.63. The average Bonchev–Trinajstić information content (AvgIpc) is 2.43. The summed E-state index contributed by atoms with van der Waals surface area (Å²) in [6.07, 6.45) is 0.608. The number of hydrogen-bond acceptors (Lipinski definition) is 4. The van der Waals surface area contributed by atoms with E-state index < -0.39 is 15.6 Å². The van der Waals surface area contributed by atoms with Gasteiger partial charge in [0.25, 0.3) is 5.91 Å². The van der Waals surface area contributed by atoms with Crippen molar-refractivity contribution in [3.05, 3.63) is 29.8 Å². The first-order valence-electron chi connectivity index (χ1n) is 6.74. The molecule has 0 saturated carbocycles. The Bertz CT molecular complexity index is 631. The molecule has 7 heteroatoms. The summed E-state index contributed by atoms with van der Waals surface area (Å²) in [6.45, 7) is 2.52. The number of carbonyl (C=O) groups is 1. The van der Waals surface area contributed by atoms with Crippen molar-refractivity contribution in [1.82, 2.24) is 9.21 Å². The van der Waals surface area contributed by atoms with Gasteiger partial charge in [0.1, 0.15) is 0 Å². The zero-order valence-corrected chi connectivity index (χ0v) is 13.2. The van der Waals surface area contributed by atoms with E-state index >= 15 is 0 Å². The third-order valence-corrected chi connectivity index (χ3v) is 5.62. The van der Waals surface area contributed by atoms with Crippen LogP contribution in [0.1, 0.15) is 23.7 Å². The summed E-state index contributed by atoms with van der Waals surface area (Å²) in [4.78, 5) is 13.9. The Hall–Kier alpha value is -1.44. The predicted molar refractivity (Wildman–Crippen MR) is 78.5 cm³/mol. The number of nitrogens with zero attached hydrogens (tertiary/aromatic N) is 2. The maximum absolute atomic E-state index is 12.2. The van der Waals surface area contributed by atoms with Crippen LogP contribution in [-0.2, 0) is 10.0 Å². The summed E-state index contributed by atoms with van der Waals surface area (Å²) >= 11 is 0. The topological polar surface area (TPSA) is 77.9 Å². The van der Waals surface area contributed by atoms with Crippen molar-refractivity contribution in [1.29, 1.82) is 0 Å². The van der Waals surface area contributed by atoms with Crippen LogP contribution in [0.5, 0.6) is 0 Å². The second-order valence-electron chi connectivity index (χ2n) is 5.55. The Balaban J connectivity index is 2.12. The molecule has 116 valence electrons. The van der Waals surface area contributed by atoms with E-state index in [0.717, 1.165) is 4.31 Å². The van der Waals surface area contributed by atoms with Crippen molar-refractivity contribution < 1.29 is 18.3 Å². The van der Waals surface area contributed by atoms with E-state index in [4.69, 9.17) is 0 Å². The highest BCUT2D eigenvalue weighted by molar-refractivity contribution is 7.89. The molecule has 0 aliphatic carbocycles.